The summed E-state index contributed by atoms with van der Waals surface area (Å²) in [6.07, 6.45) is 0.294. The summed E-state index contributed by atoms with van der Waals surface area (Å²) in [6.45, 7) is -0.481. The average Bonchev–Trinajstić information content (AvgIpc) is 2.57. The predicted octanol–water partition coefficient (Wildman–Crippen LogP) is 3.02. The number of carbonyl (C=O) groups excluding carboxylic acids is 2. The number of benzene rings is 2. The molecule has 0 unspecified atom stereocenters. The maximum absolute atomic E-state index is 11.9. The molecule has 0 aliphatic heterocycles. The molecule has 122 valence electrons. The highest BCUT2D eigenvalue weighted by Crippen LogP contribution is 2.22. The Morgan fingerprint density at radius 1 is 1.21 bits per heavy atom. The zero-order valence-corrected chi connectivity index (χ0v) is 14.0. The third kappa shape index (κ3) is 4.83. The first kappa shape index (κ1) is 17.5. The van der Waals surface area contributed by atoms with Gasteiger partial charge < -0.3 is 15.2 Å². The molecule has 0 aliphatic rings. The van der Waals surface area contributed by atoms with E-state index in [2.05, 4.69) is 21.2 Å². The van der Waals surface area contributed by atoms with Crippen molar-refractivity contribution in [3.63, 3.8) is 0 Å². The number of amides is 1. The molecule has 2 aromatic rings. The Balaban J connectivity index is 1.89. The highest BCUT2D eigenvalue weighted by atomic mass is 79.9. The fourth-order valence-electron chi connectivity index (χ4n) is 1.87. The van der Waals surface area contributed by atoms with Crippen LogP contribution in [0.4, 0.5) is 5.69 Å². The minimum atomic E-state index is -0.798. The summed E-state index contributed by atoms with van der Waals surface area (Å²) in [5.74, 6) is -1.53. The van der Waals surface area contributed by atoms with E-state index in [0.717, 1.165) is 5.56 Å². The van der Waals surface area contributed by atoms with E-state index in [1.54, 1.807) is 30.3 Å². The molecule has 0 bridgehead atoms. The number of esters is 1. The van der Waals surface area contributed by atoms with Crippen molar-refractivity contribution in [1.82, 2.24) is 0 Å². The van der Waals surface area contributed by atoms with Crippen LogP contribution < -0.4 is 5.32 Å². The summed E-state index contributed by atoms with van der Waals surface area (Å²) in [4.78, 5) is 23.7. The largest absolute Gasteiger partial charge is 0.507 e. The molecule has 0 heterocycles. The monoisotopic (exact) mass is 388 g/mol. The SMILES string of the molecule is N#CCc1ccc(NC(=O)COC(=O)c2cc(Br)ccc2O)cc1. The zero-order chi connectivity index (χ0) is 17.5. The maximum Gasteiger partial charge on any atom is 0.342 e. The Bertz CT molecular complexity index is 797. The maximum atomic E-state index is 11.9. The van der Waals surface area contributed by atoms with E-state index in [9.17, 15) is 14.7 Å². The van der Waals surface area contributed by atoms with Gasteiger partial charge >= 0.3 is 5.97 Å². The van der Waals surface area contributed by atoms with Gasteiger partial charge in [0.2, 0.25) is 0 Å². The molecule has 0 saturated heterocycles. The second-order valence-electron chi connectivity index (χ2n) is 4.82. The molecule has 2 aromatic carbocycles. The van der Waals surface area contributed by atoms with Crippen LogP contribution in [0.3, 0.4) is 0 Å². The van der Waals surface area contributed by atoms with Crippen molar-refractivity contribution in [3.05, 3.63) is 58.1 Å². The van der Waals surface area contributed by atoms with E-state index in [1.807, 2.05) is 6.07 Å². The number of rotatable bonds is 5. The van der Waals surface area contributed by atoms with E-state index >= 15 is 0 Å². The van der Waals surface area contributed by atoms with E-state index in [4.69, 9.17) is 10.00 Å². The number of hydrogen-bond donors (Lipinski definition) is 2. The number of phenols is 1. The number of hydrogen-bond acceptors (Lipinski definition) is 5. The number of ether oxygens (including phenoxy) is 1. The molecule has 7 heteroatoms. The molecule has 0 radical (unpaired) electrons. The Morgan fingerprint density at radius 3 is 2.58 bits per heavy atom. The summed E-state index contributed by atoms with van der Waals surface area (Å²) in [5.41, 5.74) is 1.34. The lowest BCUT2D eigenvalue weighted by Gasteiger charge is -2.08. The Hall–Kier alpha value is -2.85. The Morgan fingerprint density at radius 2 is 1.92 bits per heavy atom. The molecule has 6 nitrogen and oxygen atoms in total. The van der Waals surface area contributed by atoms with Gasteiger partial charge in [-0.1, -0.05) is 28.1 Å². The van der Waals surface area contributed by atoms with Gasteiger partial charge in [-0.3, -0.25) is 4.79 Å². The van der Waals surface area contributed by atoms with Gasteiger partial charge in [-0.05, 0) is 35.9 Å². The normalized spacial score (nSPS) is 9.83. The minimum Gasteiger partial charge on any atom is -0.507 e. The van der Waals surface area contributed by atoms with E-state index in [-0.39, 0.29) is 11.3 Å². The van der Waals surface area contributed by atoms with Gasteiger partial charge in [0.1, 0.15) is 11.3 Å². The number of nitriles is 1. The molecule has 24 heavy (non-hydrogen) atoms. The van der Waals surface area contributed by atoms with Crippen LogP contribution in [0.1, 0.15) is 15.9 Å². The van der Waals surface area contributed by atoms with Crippen molar-refractivity contribution in [2.45, 2.75) is 6.42 Å². The van der Waals surface area contributed by atoms with E-state index in [1.165, 1.54) is 12.1 Å². The molecule has 0 saturated carbocycles. The lowest BCUT2D eigenvalue weighted by atomic mass is 10.1. The quantitative estimate of drug-likeness (QED) is 0.766. The summed E-state index contributed by atoms with van der Waals surface area (Å²) in [6, 6.07) is 13.1. The molecule has 0 aliphatic carbocycles. The topological polar surface area (TPSA) is 99.4 Å². The van der Waals surface area contributed by atoms with Crippen molar-refractivity contribution >= 4 is 33.5 Å². The van der Waals surface area contributed by atoms with Crippen molar-refractivity contribution in [3.8, 4) is 11.8 Å². The molecule has 1 amide bonds. The van der Waals surface area contributed by atoms with Crippen LogP contribution in [0, 0.1) is 11.3 Å². The van der Waals surface area contributed by atoms with Gasteiger partial charge in [-0.15, -0.1) is 0 Å². The van der Waals surface area contributed by atoms with E-state index < -0.39 is 18.5 Å². The Labute approximate surface area is 146 Å². The first-order chi connectivity index (χ1) is 11.5. The van der Waals surface area contributed by atoms with Gasteiger partial charge in [0.25, 0.3) is 5.91 Å². The number of nitrogens with one attached hydrogen (secondary N) is 1. The third-order valence-electron chi connectivity index (χ3n) is 3.03. The minimum absolute atomic E-state index is 0.0296. The highest BCUT2D eigenvalue weighted by molar-refractivity contribution is 9.10. The third-order valence-corrected chi connectivity index (χ3v) is 3.53. The van der Waals surface area contributed by atoms with Gasteiger partial charge in [0.05, 0.1) is 12.5 Å². The number of halogens is 1. The van der Waals surface area contributed by atoms with Crippen LogP contribution >= 0.6 is 15.9 Å². The van der Waals surface area contributed by atoms with E-state index in [0.29, 0.717) is 16.6 Å². The number of aromatic hydroxyl groups is 1. The Kier molecular flexibility index (Phi) is 5.93. The molecular formula is C17H13BrN2O4. The van der Waals surface area contributed by atoms with Gasteiger partial charge in [0, 0.05) is 10.2 Å². The fraction of sp³-hybridized carbons (Fsp3) is 0.118. The molecule has 0 fully saturated rings. The number of anilines is 1. The lowest BCUT2D eigenvalue weighted by molar-refractivity contribution is -0.119. The van der Waals surface area contributed by atoms with Crippen LogP contribution in [0.15, 0.2) is 46.9 Å². The lowest BCUT2D eigenvalue weighted by Crippen LogP contribution is -2.21. The number of phenolic OH excluding ortho intramolecular Hbond substituents is 1. The number of nitrogens with zero attached hydrogens (tertiary/aromatic N) is 1. The number of carbonyl (C=O) groups is 2. The van der Waals surface area contributed by atoms with Crippen LogP contribution in [0.25, 0.3) is 0 Å². The molecule has 0 spiro atoms. The summed E-state index contributed by atoms with van der Waals surface area (Å²) < 4.78 is 5.49. The van der Waals surface area contributed by atoms with Crippen molar-refractivity contribution in [2.24, 2.45) is 0 Å². The first-order valence-electron chi connectivity index (χ1n) is 6.91. The van der Waals surface area contributed by atoms with Gasteiger partial charge in [-0.25, -0.2) is 4.79 Å². The molecular weight excluding hydrogens is 376 g/mol. The van der Waals surface area contributed by atoms with Gasteiger partial charge in [0.15, 0.2) is 6.61 Å². The zero-order valence-electron chi connectivity index (χ0n) is 12.5. The summed E-state index contributed by atoms with van der Waals surface area (Å²) in [5, 5.41) is 20.8. The van der Waals surface area contributed by atoms with Crippen LogP contribution in [0.5, 0.6) is 5.75 Å². The van der Waals surface area contributed by atoms with Crippen molar-refractivity contribution in [1.29, 1.82) is 5.26 Å². The molecule has 2 rings (SSSR count). The van der Waals surface area contributed by atoms with Crippen molar-refractivity contribution < 1.29 is 19.4 Å². The highest BCUT2D eigenvalue weighted by Gasteiger charge is 2.15. The molecule has 0 aromatic heterocycles. The van der Waals surface area contributed by atoms with Crippen molar-refractivity contribution in [2.75, 3.05) is 11.9 Å². The van der Waals surface area contributed by atoms with Crippen LogP contribution in [-0.4, -0.2) is 23.6 Å². The smallest absolute Gasteiger partial charge is 0.342 e. The first-order valence-corrected chi connectivity index (χ1v) is 7.70. The predicted molar refractivity (Wildman–Crippen MR) is 90.5 cm³/mol. The standard InChI is InChI=1S/C17H13BrN2O4/c18-12-3-6-15(21)14(9-12)17(23)24-10-16(22)20-13-4-1-11(2-5-13)7-8-19/h1-6,9,21H,7,10H2,(H,20,22). The average molecular weight is 389 g/mol. The molecule has 0 atom stereocenters. The second kappa shape index (κ2) is 8.13. The van der Waals surface area contributed by atoms with Crippen LogP contribution in [0.2, 0.25) is 0 Å². The summed E-state index contributed by atoms with van der Waals surface area (Å²) >= 11 is 3.19. The fourth-order valence-corrected chi connectivity index (χ4v) is 2.24. The molecule has 2 N–H and O–H groups in total. The second-order valence-corrected chi connectivity index (χ2v) is 5.73. The van der Waals surface area contributed by atoms with Crippen LogP contribution in [-0.2, 0) is 16.0 Å². The summed E-state index contributed by atoms with van der Waals surface area (Å²) in [7, 11) is 0. The van der Waals surface area contributed by atoms with Gasteiger partial charge in [-0.2, -0.15) is 5.26 Å².